The minimum Gasteiger partial charge on any atom is -0.351 e. The maximum Gasteiger partial charge on any atom is 0.321 e. The van der Waals surface area contributed by atoms with E-state index in [1.165, 1.54) is 0 Å². The van der Waals surface area contributed by atoms with E-state index in [-0.39, 0.29) is 11.9 Å². The number of nitrogens with zero attached hydrogens (tertiary/aromatic N) is 2. The highest BCUT2D eigenvalue weighted by atomic mass is 35.5. The Hall–Kier alpha value is -2.28. The lowest BCUT2D eigenvalue weighted by molar-refractivity contribution is -0.122. The van der Waals surface area contributed by atoms with Crippen LogP contribution < -0.4 is 10.6 Å². The largest absolute Gasteiger partial charge is 0.351 e. The molecule has 3 rings (SSSR count). The normalized spacial score (nSPS) is 14.6. The van der Waals surface area contributed by atoms with E-state index in [1.807, 2.05) is 35.2 Å². The average Bonchev–Trinajstić information content (AvgIpc) is 2.70. The van der Waals surface area contributed by atoms with Crippen molar-refractivity contribution in [1.29, 1.82) is 0 Å². The fourth-order valence-corrected chi connectivity index (χ4v) is 3.24. The highest BCUT2D eigenvalue weighted by Gasteiger charge is 2.22. The van der Waals surface area contributed by atoms with Gasteiger partial charge in [0, 0.05) is 38.4 Å². The van der Waals surface area contributed by atoms with Crippen molar-refractivity contribution < 1.29 is 9.59 Å². The van der Waals surface area contributed by atoms with Gasteiger partial charge in [-0.2, -0.15) is 0 Å². The zero-order valence-electron chi connectivity index (χ0n) is 15.3. The van der Waals surface area contributed by atoms with Crippen LogP contribution in [-0.4, -0.2) is 54.5 Å². The number of rotatable bonds is 5. The number of nitrogens with one attached hydrogen (secondary N) is 2. The van der Waals surface area contributed by atoms with E-state index in [2.05, 4.69) is 10.6 Å². The van der Waals surface area contributed by atoms with Crippen molar-refractivity contribution in [3.8, 4) is 0 Å². The molecule has 2 N–H and O–H groups in total. The number of carbonyl (C=O) groups is 2. The number of anilines is 1. The van der Waals surface area contributed by atoms with Crippen LogP contribution in [0.5, 0.6) is 0 Å². The summed E-state index contributed by atoms with van der Waals surface area (Å²) in [7, 11) is 0. The van der Waals surface area contributed by atoms with E-state index in [4.69, 9.17) is 23.2 Å². The Morgan fingerprint density at radius 1 is 0.929 bits per heavy atom. The molecule has 8 heteroatoms. The van der Waals surface area contributed by atoms with E-state index in [0.29, 0.717) is 55.0 Å². The molecular formula is C20H22Cl2N4O2. The molecule has 2 aromatic rings. The summed E-state index contributed by atoms with van der Waals surface area (Å²) in [5, 5.41) is 6.58. The van der Waals surface area contributed by atoms with Gasteiger partial charge in [0.25, 0.3) is 0 Å². The van der Waals surface area contributed by atoms with Crippen molar-refractivity contribution in [2.45, 2.75) is 6.54 Å². The Morgan fingerprint density at radius 2 is 1.64 bits per heavy atom. The van der Waals surface area contributed by atoms with Crippen molar-refractivity contribution in [2.75, 3.05) is 38.0 Å². The first-order valence-electron chi connectivity index (χ1n) is 9.05. The van der Waals surface area contributed by atoms with Gasteiger partial charge in [-0.1, -0.05) is 53.5 Å². The summed E-state index contributed by atoms with van der Waals surface area (Å²) < 4.78 is 0. The van der Waals surface area contributed by atoms with Crippen LogP contribution in [0.4, 0.5) is 10.5 Å². The van der Waals surface area contributed by atoms with Gasteiger partial charge in [0.15, 0.2) is 0 Å². The van der Waals surface area contributed by atoms with Crippen LogP contribution in [-0.2, 0) is 11.3 Å². The van der Waals surface area contributed by atoms with E-state index in [1.54, 1.807) is 23.1 Å². The standard InChI is InChI=1S/C20H22Cl2N4O2/c21-17-7-6-16(12-18(17)22)24-20(28)26-10-8-25(9-11-26)14-19(27)23-13-15-4-2-1-3-5-15/h1-7,12H,8-11,13-14H2,(H,23,27)(H,24,28). The Labute approximate surface area is 174 Å². The summed E-state index contributed by atoms with van der Waals surface area (Å²) in [6.45, 7) is 3.25. The van der Waals surface area contributed by atoms with Crippen molar-refractivity contribution in [3.63, 3.8) is 0 Å². The van der Waals surface area contributed by atoms with Gasteiger partial charge >= 0.3 is 6.03 Å². The summed E-state index contributed by atoms with van der Waals surface area (Å²) in [5.41, 5.74) is 1.67. The smallest absolute Gasteiger partial charge is 0.321 e. The molecule has 0 aromatic heterocycles. The molecule has 0 spiro atoms. The third kappa shape index (κ3) is 5.86. The fourth-order valence-electron chi connectivity index (χ4n) is 2.94. The maximum absolute atomic E-state index is 12.4. The van der Waals surface area contributed by atoms with Crippen LogP contribution in [0.25, 0.3) is 0 Å². The lowest BCUT2D eigenvalue weighted by Crippen LogP contribution is -2.52. The van der Waals surface area contributed by atoms with Gasteiger partial charge in [-0.15, -0.1) is 0 Å². The molecule has 28 heavy (non-hydrogen) atoms. The maximum atomic E-state index is 12.4. The van der Waals surface area contributed by atoms with Crippen molar-refractivity contribution >= 4 is 40.8 Å². The van der Waals surface area contributed by atoms with Crippen molar-refractivity contribution in [1.82, 2.24) is 15.1 Å². The number of benzene rings is 2. The first kappa shape index (κ1) is 20.5. The summed E-state index contributed by atoms with van der Waals surface area (Å²) in [5.74, 6) is -0.0161. The molecule has 0 unspecified atom stereocenters. The third-order valence-electron chi connectivity index (χ3n) is 4.53. The highest BCUT2D eigenvalue weighted by molar-refractivity contribution is 6.42. The SMILES string of the molecule is O=C(CN1CCN(C(=O)Nc2ccc(Cl)c(Cl)c2)CC1)NCc1ccccc1. The molecule has 0 aliphatic carbocycles. The fraction of sp³-hybridized carbons (Fsp3) is 0.300. The van der Waals surface area contributed by atoms with Crippen LogP contribution in [0.3, 0.4) is 0 Å². The van der Waals surface area contributed by atoms with Gasteiger partial charge < -0.3 is 15.5 Å². The van der Waals surface area contributed by atoms with Crippen LogP contribution >= 0.6 is 23.2 Å². The van der Waals surface area contributed by atoms with Crippen molar-refractivity contribution in [2.24, 2.45) is 0 Å². The lowest BCUT2D eigenvalue weighted by Gasteiger charge is -2.34. The number of hydrogen-bond donors (Lipinski definition) is 2. The Balaban J connectivity index is 1.40. The Morgan fingerprint density at radius 3 is 2.32 bits per heavy atom. The first-order chi connectivity index (χ1) is 13.5. The third-order valence-corrected chi connectivity index (χ3v) is 5.27. The van der Waals surface area contributed by atoms with Crippen LogP contribution in [0.15, 0.2) is 48.5 Å². The molecule has 2 aromatic carbocycles. The van der Waals surface area contributed by atoms with Gasteiger partial charge in [-0.25, -0.2) is 4.79 Å². The van der Waals surface area contributed by atoms with Crippen LogP contribution in [0.1, 0.15) is 5.56 Å². The summed E-state index contributed by atoms with van der Waals surface area (Å²) in [6.07, 6.45) is 0. The number of urea groups is 1. The molecule has 6 nitrogen and oxygen atoms in total. The molecule has 1 fully saturated rings. The Kier molecular flexibility index (Phi) is 7.14. The molecule has 0 radical (unpaired) electrons. The first-order valence-corrected chi connectivity index (χ1v) is 9.81. The zero-order valence-corrected chi connectivity index (χ0v) is 16.8. The molecule has 1 aliphatic heterocycles. The van der Waals surface area contributed by atoms with E-state index in [9.17, 15) is 9.59 Å². The van der Waals surface area contributed by atoms with E-state index < -0.39 is 0 Å². The minimum absolute atomic E-state index is 0.0161. The molecule has 0 bridgehead atoms. The number of amides is 3. The summed E-state index contributed by atoms with van der Waals surface area (Å²) in [4.78, 5) is 28.3. The molecule has 0 saturated carbocycles. The second-order valence-corrected chi connectivity index (χ2v) is 7.40. The molecule has 1 aliphatic rings. The van der Waals surface area contributed by atoms with Crippen molar-refractivity contribution in [3.05, 3.63) is 64.1 Å². The zero-order chi connectivity index (χ0) is 19.9. The van der Waals surface area contributed by atoms with Crippen LogP contribution in [0.2, 0.25) is 10.0 Å². The molecule has 1 heterocycles. The predicted molar refractivity (Wildman–Crippen MR) is 112 cm³/mol. The van der Waals surface area contributed by atoms with Gasteiger partial charge in [-0.05, 0) is 23.8 Å². The number of hydrogen-bond acceptors (Lipinski definition) is 3. The molecule has 148 valence electrons. The number of halogens is 2. The highest BCUT2D eigenvalue weighted by Crippen LogP contribution is 2.25. The minimum atomic E-state index is -0.188. The summed E-state index contributed by atoms with van der Waals surface area (Å²) >= 11 is 11.9. The van der Waals surface area contributed by atoms with Gasteiger partial charge in [0.05, 0.1) is 16.6 Å². The Bertz CT molecular complexity index is 824. The number of carbonyl (C=O) groups excluding carboxylic acids is 2. The number of piperazine rings is 1. The van der Waals surface area contributed by atoms with Gasteiger partial charge in [0.2, 0.25) is 5.91 Å². The molecule has 0 atom stereocenters. The second kappa shape index (κ2) is 9.78. The topological polar surface area (TPSA) is 64.7 Å². The van der Waals surface area contributed by atoms with E-state index in [0.717, 1.165) is 5.56 Å². The predicted octanol–water partition coefficient (Wildman–Crippen LogP) is 3.46. The van der Waals surface area contributed by atoms with E-state index >= 15 is 0 Å². The van der Waals surface area contributed by atoms with Gasteiger partial charge in [-0.3, -0.25) is 9.69 Å². The second-order valence-electron chi connectivity index (χ2n) is 6.58. The lowest BCUT2D eigenvalue weighted by atomic mass is 10.2. The van der Waals surface area contributed by atoms with Gasteiger partial charge in [0.1, 0.15) is 0 Å². The monoisotopic (exact) mass is 420 g/mol. The molecular weight excluding hydrogens is 399 g/mol. The van der Waals surface area contributed by atoms with Crippen LogP contribution in [0, 0.1) is 0 Å². The quantitative estimate of drug-likeness (QED) is 0.778. The molecule has 3 amide bonds. The molecule has 1 saturated heterocycles. The summed E-state index contributed by atoms with van der Waals surface area (Å²) in [6, 6.07) is 14.6. The average molecular weight is 421 g/mol.